The summed E-state index contributed by atoms with van der Waals surface area (Å²) in [7, 11) is 0. The molecule has 150 valence electrons. The average molecular weight is 432 g/mol. The monoisotopic (exact) mass is 432 g/mol. The first kappa shape index (κ1) is 28.0. The third kappa shape index (κ3) is 5.90. The molecule has 0 aliphatic carbocycles. The van der Waals surface area contributed by atoms with E-state index < -0.39 is 85.0 Å². The number of rotatable bonds is 0. The Morgan fingerprint density at radius 1 is 0.500 bits per heavy atom. The molecule has 0 bridgehead atoms. The number of benzene rings is 2. The van der Waals surface area contributed by atoms with Crippen molar-refractivity contribution in [3.63, 3.8) is 0 Å². The summed E-state index contributed by atoms with van der Waals surface area (Å²) in [5.41, 5.74) is 0. The molecule has 0 radical (unpaired) electrons. The van der Waals surface area contributed by atoms with E-state index >= 15 is 0 Å². The van der Waals surface area contributed by atoms with E-state index in [4.69, 9.17) is 28.4 Å². The van der Waals surface area contributed by atoms with E-state index in [0.29, 0.717) is 0 Å². The van der Waals surface area contributed by atoms with Crippen molar-refractivity contribution in [3.05, 3.63) is 46.5 Å². The molecular weight excluding hydrogens is 426 g/mol. The second kappa shape index (κ2) is 11.6. The SMILES string of the molecule is Oc1c(O)c(F)c(F)c(F)c1F.Oc1c(O)c(F)c(F)c(F)c1F.[H-].[Li+].[O]=[Al][OH]. The quantitative estimate of drug-likeness (QED) is 0.124. The van der Waals surface area contributed by atoms with Gasteiger partial charge in [-0.1, -0.05) is 0 Å². The van der Waals surface area contributed by atoms with Gasteiger partial charge in [-0.05, 0) is 0 Å². The molecule has 0 aromatic heterocycles. The fraction of sp³-hybridized carbons (Fsp3) is 0. The molecule has 0 atom stereocenters. The summed E-state index contributed by atoms with van der Waals surface area (Å²) >= 11 is -1.50. The second-order valence-corrected chi connectivity index (χ2v) is 4.22. The summed E-state index contributed by atoms with van der Waals surface area (Å²) in [5.74, 6) is -23.3. The minimum atomic E-state index is -2.16. The second-order valence-electron chi connectivity index (χ2n) is 4.01. The van der Waals surface area contributed by atoms with Crippen LogP contribution >= 0.6 is 0 Å². The fourth-order valence-electron chi connectivity index (χ4n) is 1.22. The molecule has 0 fully saturated rings. The van der Waals surface area contributed by atoms with Crippen molar-refractivity contribution in [1.82, 2.24) is 0 Å². The van der Waals surface area contributed by atoms with Crippen LogP contribution in [0.4, 0.5) is 35.1 Å². The summed E-state index contributed by atoms with van der Waals surface area (Å²) in [6.07, 6.45) is 0. The number of halogens is 8. The van der Waals surface area contributed by atoms with Crippen LogP contribution in [0, 0.1) is 46.5 Å². The van der Waals surface area contributed by atoms with Crippen molar-refractivity contribution in [3.8, 4) is 23.0 Å². The van der Waals surface area contributed by atoms with Gasteiger partial charge in [0.2, 0.25) is 69.5 Å². The van der Waals surface area contributed by atoms with Gasteiger partial charge < -0.3 is 21.9 Å². The normalized spacial score (nSPS) is 9.14. The number of aromatic hydroxyl groups is 4. The van der Waals surface area contributed by atoms with E-state index in [9.17, 15) is 35.1 Å². The average Bonchev–Trinajstić information content (AvgIpc) is 2.65. The van der Waals surface area contributed by atoms with Crippen LogP contribution in [0.3, 0.4) is 0 Å². The molecule has 28 heavy (non-hydrogen) atoms. The predicted molar refractivity (Wildman–Crippen MR) is 69.0 cm³/mol. The predicted octanol–water partition coefficient (Wildman–Crippen LogP) is -0.632. The first-order valence-electron chi connectivity index (χ1n) is 5.90. The summed E-state index contributed by atoms with van der Waals surface area (Å²) in [4.78, 5) is 0. The van der Waals surface area contributed by atoms with Gasteiger partial charge >= 0.3 is 42.3 Å². The molecule has 2 aromatic rings. The van der Waals surface area contributed by atoms with Crippen LogP contribution in [0.1, 0.15) is 1.43 Å². The molecular formula is C12H6AlF8LiO6. The van der Waals surface area contributed by atoms with E-state index in [0.717, 1.165) is 0 Å². The molecule has 0 aliphatic heterocycles. The van der Waals surface area contributed by atoms with E-state index in [2.05, 4.69) is 0 Å². The topological polar surface area (TPSA) is 118 Å². The van der Waals surface area contributed by atoms with Crippen LogP contribution in [0.15, 0.2) is 0 Å². The van der Waals surface area contributed by atoms with Crippen molar-refractivity contribution in [1.29, 1.82) is 0 Å². The van der Waals surface area contributed by atoms with Crippen molar-refractivity contribution in [2.24, 2.45) is 0 Å². The van der Waals surface area contributed by atoms with E-state index in [1.807, 2.05) is 0 Å². The zero-order valence-electron chi connectivity index (χ0n) is 14.2. The van der Waals surface area contributed by atoms with Gasteiger partial charge in [-0.2, -0.15) is 17.6 Å². The summed E-state index contributed by atoms with van der Waals surface area (Å²) < 4.78 is 113. The number of hydrogen-bond acceptors (Lipinski definition) is 5. The summed E-state index contributed by atoms with van der Waals surface area (Å²) in [6, 6.07) is 0. The molecule has 0 heterocycles. The van der Waals surface area contributed by atoms with Crippen LogP contribution in [-0.4, -0.2) is 40.1 Å². The van der Waals surface area contributed by atoms with Gasteiger partial charge in [-0.3, -0.25) is 0 Å². The van der Waals surface area contributed by atoms with Gasteiger partial charge in [0.1, 0.15) is 0 Å². The van der Waals surface area contributed by atoms with E-state index in [1.54, 1.807) is 0 Å². The Morgan fingerprint density at radius 3 is 0.714 bits per heavy atom. The molecule has 0 aliphatic rings. The maximum absolute atomic E-state index is 12.2. The molecule has 2 rings (SSSR count). The van der Waals surface area contributed by atoms with Crippen molar-refractivity contribution in [2.75, 3.05) is 0 Å². The summed E-state index contributed by atoms with van der Waals surface area (Å²) in [5, 5.41) is 33.7. The third-order valence-electron chi connectivity index (χ3n) is 2.44. The Balaban J connectivity index is -0.000000387. The number of phenolic OH excluding ortho intramolecular Hbond substituents is 4. The molecule has 5 N–H and O–H groups in total. The van der Waals surface area contributed by atoms with Crippen molar-refractivity contribution < 1.29 is 83.8 Å². The number of hydrogen-bond donors (Lipinski definition) is 5. The van der Waals surface area contributed by atoms with E-state index in [1.165, 1.54) is 0 Å². The van der Waals surface area contributed by atoms with Gasteiger partial charge in [0.25, 0.3) is 0 Å². The zero-order valence-corrected chi connectivity index (χ0v) is 14.4. The van der Waals surface area contributed by atoms with Gasteiger partial charge in [-0.25, -0.2) is 17.6 Å². The van der Waals surface area contributed by atoms with Gasteiger partial charge in [0.05, 0.1) is 0 Å². The minimum absolute atomic E-state index is 0. The Kier molecular flexibility index (Phi) is 11.6. The van der Waals surface area contributed by atoms with E-state index in [-0.39, 0.29) is 20.3 Å². The molecule has 0 spiro atoms. The Hall–Kier alpha value is -2.19. The van der Waals surface area contributed by atoms with Crippen molar-refractivity contribution >= 4 is 15.5 Å². The maximum atomic E-state index is 12.2. The van der Waals surface area contributed by atoms with Crippen LogP contribution in [0.25, 0.3) is 0 Å². The Morgan fingerprint density at radius 2 is 0.607 bits per heavy atom. The van der Waals surface area contributed by atoms with Gasteiger partial charge in [0.15, 0.2) is 0 Å². The molecule has 2 aromatic carbocycles. The molecule has 6 nitrogen and oxygen atoms in total. The molecule has 0 saturated heterocycles. The number of phenols is 4. The molecule has 0 saturated carbocycles. The molecule has 0 unspecified atom stereocenters. The summed E-state index contributed by atoms with van der Waals surface area (Å²) in [6.45, 7) is 0. The first-order valence-corrected chi connectivity index (χ1v) is 6.89. The van der Waals surface area contributed by atoms with Gasteiger partial charge in [0, 0.05) is 0 Å². The van der Waals surface area contributed by atoms with Crippen molar-refractivity contribution in [2.45, 2.75) is 0 Å². The Bertz CT molecular complexity index is 598. The molecule has 16 heteroatoms. The van der Waals surface area contributed by atoms with Crippen LogP contribution in [-0.2, 0) is 3.80 Å². The fourth-order valence-corrected chi connectivity index (χ4v) is 1.22. The van der Waals surface area contributed by atoms with Crippen LogP contribution < -0.4 is 18.9 Å². The van der Waals surface area contributed by atoms with Crippen LogP contribution in [0.2, 0.25) is 0 Å². The third-order valence-corrected chi connectivity index (χ3v) is 2.44. The zero-order chi connectivity index (χ0) is 21.6. The van der Waals surface area contributed by atoms with Gasteiger partial charge in [-0.15, -0.1) is 0 Å². The Labute approximate surface area is 169 Å². The van der Waals surface area contributed by atoms with Crippen LogP contribution in [0.5, 0.6) is 23.0 Å². The standard InChI is InChI=1S/2C6H2F4O2.Al.Li.H2O.O.H/c2*7-1-2(8)4(10)6(12)5(11)3(1)9;;;;;/h2*11-12H;;;1H2;;/q;;2*+1;;;-1/p-1. The first-order chi connectivity index (χ1) is 12.3. The molecule has 0 amide bonds.